The molecule has 0 aliphatic carbocycles. The van der Waals surface area contributed by atoms with Gasteiger partial charge in [0.1, 0.15) is 0 Å². The molecule has 2 N–H and O–H groups in total. The summed E-state index contributed by atoms with van der Waals surface area (Å²) in [6, 6.07) is 11.7. The lowest BCUT2D eigenvalue weighted by molar-refractivity contribution is -0.122. The van der Waals surface area contributed by atoms with E-state index in [1.807, 2.05) is 30.5 Å². The number of para-hydroxylation sites is 1. The van der Waals surface area contributed by atoms with Crippen LogP contribution in [-0.2, 0) is 22.6 Å². The monoisotopic (exact) mass is 401 g/mol. The van der Waals surface area contributed by atoms with Gasteiger partial charge in [0.25, 0.3) is 11.8 Å². The molecule has 2 aromatic heterocycles. The summed E-state index contributed by atoms with van der Waals surface area (Å²) in [5.74, 6) is -0.718. The number of carbonyl (C=O) groups is 2. The van der Waals surface area contributed by atoms with Crippen molar-refractivity contribution in [3.05, 3.63) is 70.5 Å². The first kappa shape index (κ1) is 16.6. The molecule has 0 saturated carbocycles. The molecule has 142 valence electrons. The second-order valence-corrected chi connectivity index (χ2v) is 8.01. The summed E-state index contributed by atoms with van der Waals surface area (Å²) in [5.41, 5.74) is 5.65. The van der Waals surface area contributed by atoms with Gasteiger partial charge in [-0.25, -0.2) is 0 Å². The highest BCUT2D eigenvalue weighted by molar-refractivity contribution is 6.50. The molecule has 2 aliphatic rings. The highest BCUT2D eigenvalue weighted by Gasteiger charge is 2.35. The molecule has 2 aliphatic heterocycles. The van der Waals surface area contributed by atoms with E-state index < -0.39 is 0 Å². The van der Waals surface area contributed by atoms with E-state index in [0.29, 0.717) is 21.7 Å². The topological polar surface area (TPSA) is 66.9 Å². The summed E-state index contributed by atoms with van der Waals surface area (Å²) in [6.07, 6.45) is 5.89. The number of aryl methyl sites for hydroxylation is 2. The number of fused-ring (bicyclic) bond motifs is 1. The Labute approximate surface area is 171 Å². The molecule has 0 atom stereocenters. The maximum Gasteiger partial charge on any atom is 0.259 e. The number of benzene rings is 2. The van der Waals surface area contributed by atoms with Crippen molar-refractivity contribution in [1.29, 1.82) is 0 Å². The normalized spacial score (nSPS) is 16.3. The summed E-state index contributed by atoms with van der Waals surface area (Å²) >= 11 is 6.10. The fraction of sp³-hybridized carbons (Fsp3) is 0.130. The van der Waals surface area contributed by atoms with Crippen molar-refractivity contribution in [3.8, 4) is 0 Å². The van der Waals surface area contributed by atoms with Gasteiger partial charge in [-0.05, 0) is 30.5 Å². The number of hydrogen-bond acceptors (Lipinski definition) is 2. The predicted molar refractivity (Wildman–Crippen MR) is 114 cm³/mol. The minimum Gasteiger partial charge on any atom is -0.360 e. The highest BCUT2D eigenvalue weighted by Crippen LogP contribution is 2.40. The average molecular weight is 402 g/mol. The number of nitrogens with zero attached hydrogens (tertiary/aromatic N) is 1. The Balaban J connectivity index is 1.68. The van der Waals surface area contributed by atoms with Gasteiger partial charge in [-0.15, -0.1) is 0 Å². The van der Waals surface area contributed by atoms with E-state index >= 15 is 0 Å². The molecule has 2 aromatic carbocycles. The molecule has 6 rings (SSSR count). The number of imide groups is 1. The van der Waals surface area contributed by atoms with Gasteiger partial charge in [-0.3, -0.25) is 14.9 Å². The molecule has 0 unspecified atom stereocenters. The zero-order valence-corrected chi connectivity index (χ0v) is 16.1. The molecule has 4 aromatic rings. The molecule has 0 radical (unpaired) electrons. The molecule has 6 heteroatoms. The summed E-state index contributed by atoms with van der Waals surface area (Å²) in [4.78, 5) is 28.9. The third-order valence-corrected chi connectivity index (χ3v) is 6.18. The molecule has 0 fully saturated rings. The van der Waals surface area contributed by atoms with Crippen molar-refractivity contribution in [2.45, 2.75) is 19.4 Å². The number of aromatic amines is 1. The predicted octanol–water partition coefficient (Wildman–Crippen LogP) is 4.29. The van der Waals surface area contributed by atoms with Crippen LogP contribution in [0.2, 0.25) is 5.02 Å². The van der Waals surface area contributed by atoms with Gasteiger partial charge in [0, 0.05) is 51.4 Å². The molecular weight excluding hydrogens is 386 g/mol. The van der Waals surface area contributed by atoms with Crippen molar-refractivity contribution in [1.82, 2.24) is 14.9 Å². The smallest absolute Gasteiger partial charge is 0.259 e. The van der Waals surface area contributed by atoms with E-state index in [-0.39, 0.29) is 11.8 Å². The Bertz CT molecular complexity index is 1410. The van der Waals surface area contributed by atoms with E-state index in [1.54, 1.807) is 12.3 Å². The Morgan fingerprint density at radius 2 is 1.79 bits per heavy atom. The van der Waals surface area contributed by atoms with Gasteiger partial charge < -0.3 is 9.55 Å². The Morgan fingerprint density at radius 3 is 2.66 bits per heavy atom. The van der Waals surface area contributed by atoms with Crippen LogP contribution in [0.4, 0.5) is 0 Å². The van der Waals surface area contributed by atoms with E-state index in [4.69, 9.17) is 11.6 Å². The van der Waals surface area contributed by atoms with Crippen LogP contribution in [0.5, 0.6) is 0 Å². The van der Waals surface area contributed by atoms with Crippen LogP contribution in [0.25, 0.3) is 33.0 Å². The number of carbonyl (C=O) groups excluding carboxylic acids is 2. The van der Waals surface area contributed by atoms with Crippen molar-refractivity contribution in [3.63, 3.8) is 0 Å². The second kappa shape index (κ2) is 5.84. The lowest BCUT2D eigenvalue weighted by Crippen LogP contribution is -2.22. The number of halogens is 1. The molecule has 5 nitrogen and oxygen atoms in total. The first-order valence-corrected chi connectivity index (χ1v) is 9.97. The average Bonchev–Trinajstić information content (AvgIpc) is 3.36. The Kier molecular flexibility index (Phi) is 3.35. The zero-order valence-electron chi connectivity index (χ0n) is 15.4. The van der Waals surface area contributed by atoms with Gasteiger partial charge in [0.15, 0.2) is 0 Å². The lowest BCUT2D eigenvalue weighted by Gasteiger charge is -2.14. The van der Waals surface area contributed by atoms with Gasteiger partial charge >= 0.3 is 0 Å². The SMILES string of the molecule is O=C1NC(=O)C(c2cn3c4c(cccc24)CCC3)=C1c1c[nH]c2cc(Cl)ccc12. The third-order valence-electron chi connectivity index (χ3n) is 5.94. The van der Waals surface area contributed by atoms with E-state index in [0.717, 1.165) is 41.2 Å². The molecule has 2 amide bonds. The van der Waals surface area contributed by atoms with Crippen LogP contribution in [0, 0.1) is 0 Å². The Morgan fingerprint density at radius 1 is 0.966 bits per heavy atom. The maximum atomic E-state index is 12.9. The van der Waals surface area contributed by atoms with Gasteiger partial charge in [0.05, 0.1) is 16.7 Å². The number of hydrogen-bond donors (Lipinski definition) is 2. The summed E-state index contributed by atoms with van der Waals surface area (Å²) in [7, 11) is 0. The van der Waals surface area contributed by atoms with Crippen LogP contribution in [0.3, 0.4) is 0 Å². The fourth-order valence-corrected chi connectivity index (χ4v) is 4.90. The molecule has 0 bridgehead atoms. The first-order chi connectivity index (χ1) is 14.1. The standard InChI is InChI=1S/C23H16ClN3O2/c24-13-6-7-14-16(10-25-18(14)9-13)19-20(23(29)26-22(19)28)17-11-27-8-2-4-12-3-1-5-15(17)21(12)27/h1,3,5-7,9-11,25H,2,4,8H2,(H,26,28,29). The first-order valence-electron chi connectivity index (χ1n) is 9.60. The summed E-state index contributed by atoms with van der Waals surface area (Å²) < 4.78 is 2.21. The van der Waals surface area contributed by atoms with E-state index in [2.05, 4.69) is 20.9 Å². The largest absolute Gasteiger partial charge is 0.360 e. The van der Waals surface area contributed by atoms with Crippen molar-refractivity contribution in [2.75, 3.05) is 0 Å². The van der Waals surface area contributed by atoms with Crippen LogP contribution in [0.1, 0.15) is 23.1 Å². The van der Waals surface area contributed by atoms with Crippen LogP contribution < -0.4 is 5.32 Å². The molecule has 0 spiro atoms. The van der Waals surface area contributed by atoms with Gasteiger partial charge in [0.2, 0.25) is 0 Å². The van der Waals surface area contributed by atoms with Crippen LogP contribution in [-0.4, -0.2) is 21.4 Å². The van der Waals surface area contributed by atoms with Crippen LogP contribution in [0.15, 0.2) is 48.8 Å². The van der Waals surface area contributed by atoms with E-state index in [9.17, 15) is 9.59 Å². The van der Waals surface area contributed by atoms with Crippen LogP contribution >= 0.6 is 11.6 Å². The van der Waals surface area contributed by atoms with Gasteiger partial charge in [-0.2, -0.15) is 0 Å². The minimum atomic E-state index is -0.368. The number of rotatable bonds is 2. The zero-order chi connectivity index (χ0) is 19.7. The fourth-order valence-electron chi connectivity index (χ4n) is 4.73. The lowest BCUT2D eigenvalue weighted by atomic mass is 9.94. The number of amides is 2. The van der Waals surface area contributed by atoms with Crippen molar-refractivity contribution >= 4 is 56.4 Å². The molecule has 4 heterocycles. The number of nitrogens with one attached hydrogen (secondary N) is 2. The third kappa shape index (κ3) is 2.28. The maximum absolute atomic E-state index is 12.9. The summed E-state index contributed by atoms with van der Waals surface area (Å²) in [5, 5.41) is 4.99. The Hall–Kier alpha value is -3.31. The number of aromatic nitrogens is 2. The quantitative estimate of drug-likeness (QED) is 0.492. The molecular formula is C23H16ClN3O2. The molecule has 0 saturated heterocycles. The van der Waals surface area contributed by atoms with E-state index in [1.165, 1.54) is 11.1 Å². The van der Waals surface area contributed by atoms with Crippen molar-refractivity contribution < 1.29 is 9.59 Å². The summed E-state index contributed by atoms with van der Waals surface area (Å²) in [6.45, 7) is 0.914. The minimum absolute atomic E-state index is 0.350. The number of H-pyrrole nitrogens is 1. The second-order valence-electron chi connectivity index (χ2n) is 7.58. The molecule has 29 heavy (non-hydrogen) atoms. The van der Waals surface area contributed by atoms with Crippen molar-refractivity contribution in [2.24, 2.45) is 0 Å². The highest BCUT2D eigenvalue weighted by atomic mass is 35.5. The van der Waals surface area contributed by atoms with Gasteiger partial charge in [-0.1, -0.05) is 35.9 Å².